The molecule has 0 bridgehead atoms. The molecule has 0 aliphatic rings. The predicted octanol–water partition coefficient (Wildman–Crippen LogP) is 1.96. The van der Waals surface area contributed by atoms with Crippen LogP contribution < -0.4 is 0 Å². The molecule has 2 heterocycles. The molecule has 2 aromatic heterocycles. The number of aromatic nitrogens is 1. The molecule has 0 aliphatic carbocycles. The van der Waals surface area contributed by atoms with Crippen molar-refractivity contribution in [2.45, 2.75) is 0 Å². The molecule has 58 valence electrons. The van der Waals surface area contributed by atoms with Crippen LogP contribution in [0, 0.1) is 0 Å². The van der Waals surface area contributed by atoms with E-state index in [0.29, 0.717) is 11.1 Å². The Morgan fingerprint density at radius 2 is 2.27 bits per heavy atom. The highest BCUT2D eigenvalue weighted by Gasteiger charge is 2.01. The number of aromatic hydroxyl groups is 1. The number of nitrogens with zero attached hydrogens (tertiary/aromatic N) is 1. The van der Waals surface area contributed by atoms with E-state index in [0.717, 1.165) is 0 Å². The van der Waals surface area contributed by atoms with Crippen LogP contribution in [0.5, 0.6) is 5.75 Å². The van der Waals surface area contributed by atoms with Crippen LogP contribution in [0.15, 0.2) is 29.0 Å². The molecule has 2 aromatic rings. The van der Waals surface area contributed by atoms with E-state index >= 15 is 0 Å². The SMILES string of the molecule is Cl.Oc1coc2cccnc12. The van der Waals surface area contributed by atoms with Gasteiger partial charge >= 0.3 is 0 Å². The Hall–Kier alpha value is -1.22. The van der Waals surface area contributed by atoms with Crippen molar-refractivity contribution < 1.29 is 9.52 Å². The highest BCUT2D eigenvalue weighted by atomic mass is 35.5. The lowest BCUT2D eigenvalue weighted by atomic mass is 10.4. The van der Waals surface area contributed by atoms with Crippen molar-refractivity contribution in [3.05, 3.63) is 24.6 Å². The Kier molecular flexibility index (Phi) is 2.01. The van der Waals surface area contributed by atoms with Gasteiger partial charge in [-0.15, -0.1) is 12.4 Å². The second-order valence-electron chi connectivity index (χ2n) is 1.97. The van der Waals surface area contributed by atoms with Crippen molar-refractivity contribution in [2.75, 3.05) is 0 Å². The van der Waals surface area contributed by atoms with Crippen molar-refractivity contribution in [1.29, 1.82) is 0 Å². The summed E-state index contributed by atoms with van der Waals surface area (Å²) in [6.45, 7) is 0. The van der Waals surface area contributed by atoms with E-state index in [1.807, 2.05) is 0 Å². The highest BCUT2D eigenvalue weighted by Crippen LogP contribution is 2.22. The number of hydrogen-bond donors (Lipinski definition) is 1. The number of rotatable bonds is 0. The molecule has 0 spiro atoms. The van der Waals surface area contributed by atoms with Crippen LogP contribution in [0.1, 0.15) is 0 Å². The van der Waals surface area contributed by atoms with Gasteiger partial charge in [0.15, 0.2) is 16.8 Å². The van der Waals surface area contributed by atoms with Crippen molar-refractivity contribution in [1.82, 2.24) is 4.98 Å². The molecular formula is C7H6ClNO2. The third kappa shape index (κ3) is 1.14. The fraction of sp³-hybridized carbons (Fsp3) is 0. The summed E-state index contributed by atoms with van der Waals surface area (Å²) in [6, 6.07) is 3.51. The Bertz CT molecular complexity index is 358. The van der Waals surface area contributed by atoms with Gasteiger partial charge in [-0.1, -0.05) is 0 Å². The van der Waals surface area contributed by atoms with E-state index in [2.05, 4.69) is 4.98 Å². The van der Waals surface area contributed by atoms with Crippen LogP contribution >= 0.6 is 12.4 Å². The van der Waals surface area contributed by atoms with Crippen LogP contribution in [-0.2, 0) is 0 Å². The van der Waals surface area contributed by atoms with E-state index in [1.54, 1.807) is 18.3 Å². The predicted molar refractivity (Wildman–Crippen MR) is 42.9 cm³/mol. The third-order valence-corrected chi connectivity index (χ3v) is 1.31. The normalized spacial score (nSPS) is 9.45. The Morgan fingerprint density at radius 1 is 1.45 bits per heavy atom. The largest absolute Gasteiger partial charge is 0.503 e. The van der Waals surface area contributed by atoms with Gasteiger partial charge in [-0.25, -0.2) is 4.98 Å². The first-order valence-electron chi connectivity index (χ1n) is 2.89. The van der Waals surface area contributed by atoms with Crippen LogP contribution in [0.3, 0.4) is 0 Å². The van der Waals surface area contributed by atoms with Gasteiger partial charge in [0.25, 0.3) is 0 Å². The number of halogens is 1. The molecule has 0 unspecified atom stereocenters. The van der Waals surface area contributed by atoms with E-state index in [9.17, 15) is 0 Å². The smallest absolute Gasteiger partial charge is 0.180 e. The molecule has 0 aliphatic heterocycles. The first-order valence-corrected chi connectivity index (χ1v) is 2.89. The maximum atomic E-state index is 9.05. The van der Waals surface area contributed by atoms with Crippen molar-refractivity contribution >= 4 is 23.5 Å². The summed E-state index contributed by atoms with van der Waals surface area (Å²) < 4.78 is 4.94. The zero-order valence-corrected chi connectivity index (χ0v) is 6.34. The molecule has 3 nitrogen and oxygen atoms in total. The average Bonchev–Trinajstić information content (AvgIpc) is 2.34. The fourth-order valence-corrected chi connectivity index (χ4v) is 0.853. The molecule has 4 heteroatoms. The minimum atomic E-state index is 0. The second-order valence-corrected chi connectivity index (χ2v) is 1.97. The van der Waals surface area contributed by atoms with E-state index in [4.69, 9.17) is 9.52 Å². The fourth-order valence-electron chi connectivity index (χ4n) is 0.853. The number of pyridine rings is 1. The molecule has 0 fully saturated rings. The number of furan rings is 1. The minimum Gasteiger partial charge on any atom is -0.503 e. The van der Waals surface area contributed by atoms with Crippen LogP contribution in [0.25, 0.3) is 11.1 Å². The van der Waals surface area contributed by atoms with Crippen molar-refractivity contribution in [3.63, 3.8) is 0 Å². The summed E-state index contributed by atoms with van der Waals surface area (Å²) in [5.41, 5.74) is 1.13. The molecule has 0 radical (unpaired) electrons. The lowest BCUT2D eigenvalue weighted by Gasteiger charge is -1.83. The highest BCUT2D eigenvalue weighted by molar-refractivity contribution is 5.85. The molecule has 0 saturated carbocycles. The van der Waals surface area contributed by atoms with Crippen LogP contribution in [-0.4, -0.2) is 10.1 Å². The summed E-state index contributed by atoms with van der Waals surface area (Å²) in [5.74, 6) is 0.0931. The molecular weight excluding hydrogens is 166 g/mol. The van der Waals surface area contributed by atoms with E-state index < -0.39 is 0 Å². The Morgan fingerprint density at radius 3 is 3.00 bits per heavy atom. The quantitative estimate of drug-likeness (QED) is 0.659. The van der Waals surface area contributed by atoms with Gasteiger partial charge in [0.1, 0.15) is 6.26 Å². The van der Waals surface area contributed by atoms with Gasteiger partial charge in [-0.2, -0.15) is 0 Å². The summed E-state index contributed by atoms with van der Waals surface area (Å²) in [6.07, 6.45) is 2.88. The summed E-state index contributed by atoms with van der Waals surface area (Å²) in [5, 5.41) is 9.05. The van der Waals surface area contributed by atoms with Crippen molar-refractivity contribution in [2.24, 2.45) is 0 Å². The third-order valence-electron chi connectivity index (χ3n) is 1.31. The van der Waals surface area contributed by atoms with Crippen LogP contribution in [0.4, 0.5) is 0 Å². The zero-order valence-electron chi connectivity index (χ0n) is 5.52. The van der Waals surface area contributed by atoms with Crippen LogP contribution in [0.2, 0.25) is 0 Å². The first-order chi connectivity index (χ1) is 4.88. The summed E-state index contributed by atoms with van der Waals surface area (Å²) in [7, 11) is 0. The van der Waals surface area contributed by atoms with Gasteiger partial charge in [-0.05, 0) is 12.1 Å². The second kappa shape index (κ2) is 2.80. The Balaban J connectivity index is 0.000000605. The van der Waals surface area contributed by atoms with E-state index in [1.165, 1.54) is 6.26 Å². The van der Waals surface area contributed by atoms with Gasteiger partial charge in [0.2, 0.25) is 0 Å². The minimum absolute atomic E-state index is 0. The topological polar surface area (TPSA) is 46.3 Å². The van der Waals surface area contributed by atoms with Gasteiger partial charge < -0.3 is 9.52 Å². The Labute approximate surface area is 69.1 Å². The molecule has 0 saturated heterocycles. The standard InChI is InChI=1S/C7H5NO2.ClH/c9-5-4-10-6-2-1-3-8-7(5)6;/h1-4,9H;1H. The molecule has 1 N–H and O–H groups in total. The lowest BCUT2D eigenvalue weighted by Crippen LogP contribution is -1.68. The maximum absolute atomic E-state index is 9.05. The van der Waals surface area contributed by atoms with Gasteiger partial charge in [0, 0.05) is 6.20 Å². The molecule has 0 atom stereocenters. The van der Waals surface area contributed by atoms with Gasteiger partial charge in [-0.3, -0.25) is 0 Å². The summed E-state index contributed by atoms with van der Waals surface area (Å²) >= 11 is 0. The van der Waals surface area contributed by atoms with E-state index in [-0.39, 0.29) is 18.2 Å². The number of hydrogen-bond acceptors (Lipinski definition) is 3. The maximum Gasteiger partial charge on any atom is 0.180 e. The summed E-state index contributed by atoms with van der Waals surface area (Å²) in [4.78, 5) is 3.90. The average molecular weight is 172 g/mol. The lowest BCUT2D eigenvalue weighted by molar-refractivity contribution is 0.464. The zero-order chi connectivity index (χ0) is 6.97. The van der Waals surface area contributed by atoms with Gasteiger partial charge in [0.05, 0.1) is 0 Å². The molecule has 0 amide bonds. The molecule has 0 aromatic carbocycles. The van der Waals surface area contributed by atoms with Crippen molar-refractivity contribution in [3.8, 4) is 5.75 Å². The first kappa shape index (κ1) is 7.88. The molecule has 2 rings (SSSR count). The number of fused-ring (bicyclic) bond motifs is 1. The molecule has 11 heavy (non-hydrogen) atoms. The monoisotopic (exact) mass is 171 g/mol.